The average Bonchev–Trinajstić information content (AvgIpc) is 0.922. The zero-order chi connectivity index (χ0) is 73.7. The molecule has 17 nitrogen and oxygen atoms in total. The van der Waals surface area contributed by atoms with Gasteiger partial charge in [-0.2, -0.15) is 0 Å². The van der Waals surface area contributed by atoms with E-state index in [9.17, 15) is 43.2 Å². The van der Waals surface area contributed by atoms with E-state index in [0.29, 0.717) is 25.7 Å². The predicted octanol–water partition coefficient (Wildman–Crippen LogP) is 24.1. The number of carbonyl (C=O) groups is 4. The normalized spacial score (nSPS) is 14.0. The van der Waals surface area contributed by atoms with Crippen LogP contribution in [0.1, 0.15) is 421 Å². The molecule has 0 amide bonds. The van der Waals surface area contributed by atoms with Gasteiger partial charge in [-0.3, -0.25) is 37.3 Å². The minimum Gasteiger partial charge on any atom is -0.462 e. The maximum absolute atomic E-state index is 13.1. The van der Waals surface area contributed by atoms with Crippen molar-refractivity contribution in [3.8, 4) is 0 Å². The maximum atomic E-state index is 13.1. The molecule has 0 aromatic heterocycles. The Morgan fingerprint density at radius 1 is 0.270 bits per heavy atom. The molecule has 0 aliphatic carbocycles. The Labute approximate surface area is 613 Å². The van der Waals surface area contributed by atoms with Gasteiger partial charge in [0.1, 0.15) is 19.3 Å². The Morgan fingerprint density at radius 3 is 0.680 bits per heavy atom. The lowest BCUT2D eigenvalue weighted by Crippen LogP contribution is -2.30. The van der Waals surface area contributed by atoms with Gasteiger partial charge >= 0.3 is 39.5 Å². The first-order valence-corrected chi connectivity index (χ1v) is 44.8. The number of carbonyl (C=O) groups excluding carboxylic acids is 4. The van der Waals surface area contributed by atoms with Crippen molar-refractivity contribution in [3.63, 3.8) is 0 Å². The molecule has 594 valence electrons. The highest BCUT2D eigenvalue weighted by Gasteiger charge is 2.30. The fraction of sp³-hybridized carbons (Fsp3) is 0.951. The smallest absolute Gasteiger partial charge is 0.462 e. The summed E-state index contributed by atoms with van der Waals surface area (Å²) >= 11 is 0. The van der Waals surface area contributed by atoms with Crippen LogP contribution in [-0.2, 0) is 65.4 Å². The molecular weight excluding hydrogens is 1310 g/mol. The average molecular weight is 1470 g/mol. The first-order chi connectivity index (χ1) is 48.2. The maximum Gasteiger partial charge on any atom is 0.472 e. The summed E-state index contributed by atoms with van der Waals surface area (Å²) in [6.45, 7) is 12.0. The molecule has 0 saturated heterocycles. The second-order valence-corrected chi connectivity index (χ2v) is 33.5. The molecule has 5 atom stereocenters. The van der Waals surface area contributed by atoms with Gasteiger partial charge in [0.15, 0.2) is 12.2 Å². The lowest BCUT2D eigenvalue weighted by molar-refractivity contribution is -0.161. The fourth-order valence-corrected chi connectivity index (χ4v) is 14.1. The number of hydrogen-bond donors (Lipinski definition) is 3. The predicted molar refractivity (Wildman–Crippen MR) is 409 cm³/mol. The van der Waals surface area contributed by atoms with Gasteiger partial charge in [-0.05, 0) is 43.4 Å². The molecule has 0 radical (unpaired) electrons. The topological polar surface area (TPSA) is 237 Å². The summed E-state index contributed by atoms with van der Waals surface area (Å²) in [6, 6.07) is 0. The molecule has 0 rings (SSSR count). The summed E-state index contributed by atoms with van der Waals surface area (Å²) in [7, 11) is -9.92. The van der Waals surface area contributed by atoms with Crippen molar-refractivity contribution in [2.24, 2.45) is 17.8 Å². The molecule has 100 heavy (non-hydrogen) atoms. The van der Waals surface area contributed by atoms with E-state index >= 15 is 0 Å². The number of phosphoric acid groups is 2. The molecule has 0 aliphatic rings. The quantitative estimate of drug-likeness (QED) is 0.0222. The van der Waals surface area contributed by atoms with Crippen LogP contribution in [0.25, 0.3) is 0 Å². The summed E-state index contributed by atoms with van der Waals surface area (Å²) in [4.78, 5) is 73.1. The van der Waals surface area contributed by atoms with E-state index < -0.39 is 97.5 Å². The molecule has 0 saturated carbocycles. The molecule has 0 aromatic carbocycles. The van der Waals surface area contributed by atoms with Gasteiger partial charge in [0.2, 0.25) is 0 Å². The van der Waals surface area contributed by atoms with Crippen LogP contribution in [0.4, 0.5) is 0 Å². The SMILES string of the molecule is CCCCCCCCCCCCCCCCC(=O)O[C@H](COC(=O)CCCCCCCCCCCCC(C)C)COP(=O)(O)OC[C@H](O)COP(=O)(O)OC[C@@H](COC(=O)CCCCCCCCCCCCCC(C)C)OC(=O)CCCCCCCCCCCCCCCCCCC(C)C. The largest absolute Gasteiger partial charge is 0.472 e. The number of aliphatic hydroxyl groups excluding tert-OH is 1. The first kappa shape index (κ1) is 98.1. The molecule has 0 heterocycles. The Kier molecular flexibility index (Phi) is 69.9. The van der Waals surface area contributed by atoms with Crippen LogP contribution in [-0.4, -0.2) is 96.7 Å². The van der Waals surface area contributed by atoms with E-state index in [1.54, 1.807) is 0 Å². The van der Waals surface area contributed by atoms with Crippen molar-refractivity contribution < 1.29 is 80.2 Å². The number of aliphatic hydroxyl groups is 1. The van der Waals surface area contributed by atoms with Crippen LogP contribution in [0.3, 0.4) is 0 Å². The van der Waals surface area contributed by atoms with Gasteiger partial charge in [-0.25, -0.2) is 9.13 Å². The highest BCUT2D eigenvalue weighted by atomic mass is 31.2. The highest BCUT2D eigenvalue weighted by molar-refractivity contribution is 7.47. The van der Waals surface area contributed by atoms with Crippen molar-refractivity contribution in [2.45, 2.75) is 439 Å². The third-order valence-corrected chi connectivity index (χ3v) is 20.8. The van der Waals surface area contributed by atoms with Gasteiger partial charge in [0.05, 0.1) is 26.4 Å². The molecule has 0 spiro atoms. The molecule has 2 unspecified atom stereocenters. The number of hydrogen-bond acceptors (Lipinski definition) is 15. The van der Waals surface area contributed by atoms with Crippen LogP contribution in [0.15, 0.2) is 0 Å². The lowest BCUT2D eigenvalue weighted by atomic mass is 10.0. The van der Waals surface area contributed by atoms with E-state index in [0.717, 1.165) is 108 Å². The van der Waals surface area contributed by atoms with Crippen LogP contribution >= 0.6 is 15.6 Å². The molecule has 0 aliphatic heterocycles. The second-order valence-electron chi connectivity index (χ2n) is 30.6. The number of ether oxygens (including phenoxy) is 4. The Morgan fingerprint density at radius 2 is 0.460 bits per heavy atom. The van der Waals surface area contributed by atoms with Gasteiger partial charge in [0, 0.05) is 25.7 Å². The minimum atomic E-state index is -4.96. The second kappa shape index (κ2) is 71.3. The number of phosphoric ester groups is 2. The summed E-state index contributed by atoms with van der Waals surface area (Å²) in [6.07, 6.45) is 59.5. The third-order valence-electron chi connectivity index (χ3n) is 18.9. The van der Waals surface area contributed by atoms with Crippen molar-refractivity contribution in [1.82, 2.24) is 0 Å². The standard InChI is InChI=1S/C81H158O17P2/c1-8-9-10-11-12-13-14-15-21-26-36-43-50-57-64-80(85)98-77(69-92-79(84)63-56-49-42-35-30-29-33-40-47-54-61-74(6)7)71-96-100(89,90)94-67-75(82)66-93-99(87,88)95-70-76(68-91-78(83)62-55-48-41-34-28-23-25-32-39-46-53-60-73(4)5)97-81(86)65-58-51-44-37-27-22-19-17-16-18-20-24-31-38-45-52-59-72(2)3/h72-77,82H,8-71H2,1-7H3,(H,87,88)(H,89,90)/t75-,76-,77-/m1/s1. The number of rotatable bonds is 79. The Hall–Kier alpha value is -1.94. The highest BCUT2D eigenvalue weighted by Crippen LogP contribution is 2.45. The van der Waals surface area contributed by atoms with E-state index in [4.69, 9.17) is 37.0 Å². The van der Waals surface area contributed by atoms with Gasteiger partial charge in [0.25, 0.3) is 0 Å². The van der Waals surface area contributed by atoms with E-state index in [2.05, 4.69) is 48.5 Å². The van der Waals surface area contributed by atoms with Crippen LogP contribution in [0.5, 0.6) is 0 Å². The number of unbranched alkanes of at least 4 members (excludes halogenated alkanes) is 47. The van der Waals surface area contributed by atoms with Crippen LogP contribution in [0.2, 0.25) is 0 Å². The fourth-order valence-electron chi connectivity index (χ4n) is 12.5. The van der Waals surface area contributed by atoms with Crippen molar-refractivity contribution in [3.05, 3.63) is 0 Å². The minimum absolute atomic E-state index is 0.108. The van der Waals surface area contributed by atoms with Crippen LogP contribution in [0, 0.1) is 17.8 Å². The zero-order valence-electron chi connectivity index (χ0n) is 65.7. The molecule has 0 bridgehead atoms. The summed E-state index contributed by atoms with van der Waals surface area (Å²) in [5.74, 6) is 0.230. The monoisotopic (exact) mass is 1470 g/mol. The lowest BCUT2D eigenvalue weighted by Gasteiger charge is -2.21. The van der Waals surface area contributed by atoms with Crippen molar-refractivity contribution in [2.75, 3.05) is 39.6 Å². The van der Waals surface area contributed by atoms with Crippen LogP contribution < -0.4 is 0 Å². The van der Waals surface area contributed by atoms with Crippen molar-refractivity contribution >= 4 is 39.5 Å². The molecule has 0 fully saturated rings. The first-order valence-electron chi connectivity index (χ1n) is 41.8. The van der Waals surface area contributed by atoms with E-state index in [-0.39, 0.29) is 25.7 Å². The van der Waals surface area contributed by atoms with E-state index in [1.807, 2.05) is 0 Å². The van der Waals surface area contributed by atoms with Gasteiger partial charge in [-0.1, -0.05) is 370 Å². The molecular formula is C81H158O17P2. The summed E-state index contributed by atoms with van der Waals surface area (Å²) in [5.41, 5.74) is 0. The van der Waals surface area contributed by atoms with Gasteiger partial charge < -0.3 is 33.8 Å². The Balaban J connectivity index is 5.26. The number of esters is 4. The molecule has 0 aromatic rings. The molecule has 19 heteroatoms. The third kappa shape index (κ3) is 74.3. The summed E-state index contributed by atoms with van der Waals surface area (Å²) in [5, 5.41) is 10.6. The molecule has 3 N–H and O–H groups in total. The van der Waals surface area contributed by atoms with Gasteiger partial charge in [-0.15, -0.1) is 0 Å². The van der Waals surface area contributed by atoms with Crippen molar-refractivity contribution in [1.29, 1.82) is 0 Å². The summed E-state index contributed by atoms with van der Waals surface area (Å²) < 4.78 is 68.8. The zero-order valence-corrected chi connectivity index (χ0v) is 67.5. The Bertz CT molecular complexity index is 1940. The van der Waals surface area contributed by atoms with E-state index in [1.165, 1.54) is 231 Å².